The molecule has 2 heterocycles. The van der Waals surface area contributed by atoms with Crippen molar-refractivity contribution in [3.63, 3.8) is 0 Å². The van der Waals surface area contributed by atoms with Crippen molar-refractivity contribution >= 4 is 18.3 Å². The van der Waals surface area contributed by atoms with Crippen molar-refractivity contribution < 1.29 is 13.9 Å². The Morgan fingerprint density at radius 1 is 1.38 bits per heavy atom. The Kier molecular flexibility index (Phi) is 4.88. The normalized spacial score (nSPS) is 16.3. The number of carbonyl (C=O) groups is 1. The van der Waals surface area contributed by atoms with E-state index < -0.39 is 0 Å². The lowest BCUT2D eigenvalue weighted by Gasteiger charge is -2.26. The third-order valence-corrected chi connectivity index (χ3v) is 3.38. The Hall–Kier alpha value is -1.98. The van der Waals surface area contributed by atoms with Gasteiger partial charge in [0.25, 0.3) is 5.91 Å². The zero-order valence-corrected chi connectivity index (χ0v) is 12.2. The van der Waals surface area contributed by atoms with Crippen LogP contribution in [-0.2, 0) is 6.54 Å². The number of hydrogen-bond acceptors (Lipinski definition) is 4. The molecule has 3 rings (SSSR count). The van der Waals surface area contributed by atoms with E-state index in [1.165, 1.54) is 6.26 Å². The molecule has 1 aliphatic heterocycles. The fraction of sp³-hybridized carbons (Fsp3) is 0.267. The summed E-state index contributed by atoms with van der Waals surface area (Å²) in [4.78, 5) is 12.2. The van der Waals surface area contributed by atoms with Gasteiger partial charge in [-0.25, -0.2) is 0 Å². The van der Waals surface area contributed by atoms with E-state index in [0.717, 1.165) is 17.7 Å². The molecule has 2 aromatic rings. The van der Waals surface area contributed by atoms with E-state index in [0.29, 0.717) is 17.9 Å². The summed E-state index contributed by atoms with van der Waals surface area (Å²) < 4.78 is 10.8. The Bertz CT molecular complexity index is 627. The van der Waals surface area contributed by atoms with Gasteiger partial charge >= 0.3 is 0 Å². The molecule has 6 heteroatoms. The third kappa shape index (κ3) is 3.20. The van der Waals surface area contributed by atoms with E-state index in [1.54, 1.807) is 6.07 Å². The largest absolute Gasteiger partial charge is 0.493 e. The molecule has 3 N–H and O–H groups in total. The molecular formula is C15H17ClN2O3. The molecule has 0 aliphatic carbocycles. The lowest BCUT2D eigenvalue weighted by Crippen LogP contribution is -2.31. The number of nitrogens with two attached hydrogens (primary N) is 1. The molecule has 0 saturated heterocycles. The summed E-state index contributed by atoms with van der Waals surface area (Å²) >= 11 is 0. The van der Waals surface area contributed by atoms with Crippen LogP contribution in [0.5, 0.6) is 5.75 Å². The molecule has 0 bridgehead atoms. The number of fused-ring (bicyclic) bond motifs is 1. The van der Waals surface area contributed by atoms with Crippen LogP contribution < -0.4 is 15.8 Å². The molecule has 1 atom stereocenters. The number of ether oxygens (including phenoxy) is 1. The van der Waals surface area contributed by atoms with Crippen molar-refractivity contribution in [3.8, 4) is 5.75 Å². The first-order chi connectivity index (χ1) is 9.78. The first-order valence-corrected chi connectivity index (χ1v) is 6.58. The van der Waals surface area contributed by atoms with Gasteiger partial charge in [-0.15, -0.1) is 12.4 Å². The van der Waals surface area contributed by atoms with Crippen LogP contribution in [-0.4, -0.2) is 12.5 Å². The number of furan rings is 1. The monoisotopic (exact) mass is 308 g/mol. The molecule has 112 valence electrons. The van der Waals surface area contributed by atoms with Gasteiger partial charge in [-0.2, -0.15) is 0 Å². The van der Waals surface area contributed by atoms with Gasteiger partial charge in [0, 0.05) is 12.0 Å². The minimum Gasteiger partial charge on any atom is -0.493 e. The Balaban J connectivity index is 0.00000161. The maximum Gasteiger partial charge on any atom is 0.255 e. The molecule has 0 radical (unpaired) electrons. The topological polar surface area (TPSA) is 77.5 Å². The van der Waals surface area contributed by atoms with Gasteiger partial charge in [0.2, 0.25) is 0 Å². The number of hydrogen-bond donors (Lipinski definition) is 2. The standard InChI is InChI=1S/C15H16N2O3.ClH/c16-8-11-7-10(9-20-11)15(18)17-13-5-6-19-14-4-2-1-3-12(13)14;/h1-4,7,9,13H,5-6,8,16H2,(H,17,18);1H. The van der Waals surface area contributed by atoms with Crippen molar-refractivity contribution in [2.24, 2.45) is 5.73 Å². The van der Waals surface area contributed by atoms with Gasteiger partial charge in [0.15, 0.2) is 0 Å². The summed E-state index contributed by atoms with van der Waals surface area (Å²) in [6, 6.07) is 9.38. The first kappa shape index (κ1) is 15.4. The van der Waals surface area contributed by atoms with Gasteiger partial charge in [0.05, 0.1) is 24.8 Å². The molecule has 1 aromatic heterocycles. The molecule has 5 nitrogen and oxygen atoms in total. The zero-order valence-electron chi connectivity index (χ0n) is 11.4. The number of rotatable bonds is 3. The Labute approximate surface area is 128 Å². The summed E-state index contributed by atoms with van der Waals surface area (Å²) in [7, 11) is 0. The first-order valence-electron chi connectivity index (χ1n) is 6.58. The van der Waals surface area contributed by atoms with E-state index >= 15 is 0 Å². The van der Waals surface area contributed by atoms with Gasteiger partial charge in [-0.1, -0.05) is 18.2 Å². The van der Waals surface area contributed by atoms with Crippen LogP contribution in [0.25, 0.3) is 0 Å². The van der Waals surface area contributed by atoms with Gasteiger partial charge in [-0.05, 0) is 12.1 Å². The second kappa shape index (κ2) is 6.65. The van der Waals surface area contributed by atoms with Crippen LogP contribution in [0, 0.1) is 0 Å². The minimum absolute atomic E-state index is 0. The van der Waals surface area contributed by atoms with Crippen LogP contribution in [0.15, 0.2) is 41.0 Å². The van der Waals surface area contributed by atoms with Gasteiger partial charge in [0.1, 0.15) is 17.8 Å². The molecule has 1 aromatic carbocycles. The maximum absolute atomic E-state index is 12.2. The molecule has 0 fully saturated rings. The van der Waals surface area contributed by atoms with E-state index in [9.17, 15) is 4.79 Å². The fourth-order valence-corrected chi connectivity index (χ4v) is 2.34. The van der Waals surface area contributed by atoms with Gasteiger partial charge in [-0.3, -0.25) is 4.79 Å². The summed E-state index contributed by atoms with van der Waals surface area (Å²) in [5.41, 5.74) is 6.97. The van der Waals surface area contributed by atoms with Crippen LogP contribution in [0.3, 0.4) is 0 Å². The lowest BCUT2D eigenvalue weighted by molar-refractivity contribution is 0.0924. The Morgan fingerprint density at radius 3 is 2.95 bits per heavy atom. The van der Waals surface area contributed by atoms with Crippen molar-refractivity contribution in [1.82, 2.24) is 5.32 Å². The molecule has 1 unspecified atom stereocenters. The number of halogens is 1. The smallest absolute Gasteiger partial charge is 0.255 e. The van der Waals surface area contributed by atoms with E-state index in [-0.39, 0.29) is 30.9 Å². The highest BCUT2D eigenvalue weighted by Gasteiger charge is 2.23. The molecule has 1 amide bonds. The molecule has 0 spiro atoms. The number of amides is 1. The van der Waals surface area contributed by atoms with Gasteiger partial charge < -0.3 is 20.2 Å². The highest BCUT2D eigenvalue weighted by molar-refractivity contribution is 5.94. The minimum atomic E-state index is -0.157. The Morgan fingerprint density at radius 2 is 2.19 bits per heavy atom. The fourth-order valence-electron chi connectivity index (χ4n) is 2.34. The average molecular weight is 309 g/mol. The van der Waals surface area contributed by atoms with Crippen LogP contribution in [0.1, 0.15) is 34.1 Å². The molecule has 0 saturated carbocycles. The molecule has 21 heavy (non-hydrogen) atoms. The van der Waals surface area contributed by atoms with Crippen LogP contribution in [0.2, 0.25) is 0 Å². The zero-order chi connectivity index (χ0) is 13.9. The SMILES string of the molecule is Cl.NCc1cc(C(=O)NC2CCOc3ccccc32)co1. The number of nitrogens with one attached hydrogen (secondary N) is 1. The highest BCUT2D eigenvalue weighted by Crippen LogP contribution is 2.31. The van der Waals surface area contributed by atoms with Crippen molar-refractivity contribution in [1.29, 1.82) is 0 Å². The molecular weight excluding hydrogens is 292 g/mol. The molecule has 1 aliphatic rings. The second-order valence-electron chi connectivity index (χ2n) is 4.71. The lowest BCUT2D eigenvalue weighted by atomic mass is 10.0. The average Bonchev–Trinajstić information content (AvgIpc) is 2.97. The predicted octanol–water partition coefficient (Wildman–Crippen LogP) is 2.41. The predicted molar refractivity (Wildman–Crippen MR) is 80.6 cm³/mol. The van der Waals surface area contributed by atoms with E-state index in [1.807, 2.05) is 24.3 Å². The van der Waals surface area contributed by atoms with Crippen molar-refractivity contribution in [2.75, 3.05) is 6.61 Å². The second-order valence-corrected chi connectivity index (χ2v) is 4.71. The summed E-state index contributed by atoms with van der Waals surface area (Å²) in [6.45, 7) is 0.884. The number of carbonyl (C=O) groups excluding carboxylic acids is 1. The van der Waals surface area contributed by atoms with Crippen molar-refractivity contribution in [2.45, 2.75) is 19.0 Å². The summed E-state index contributed by atoms with van der Waals surface area (Å²) in [6.07, 6.45) is 2.19. The third-order valence-electron chi connectivity index (χ3n) is 3.38. The summed E-state index contributed by atoms with van der Waals surface area (Å²) in [5.74, 6) is 1.27. The number of benzene rings is 1. The number of para-hydroxylation sites is 1. The highest BCUT2D eigenvalue weighted by atomic mass is 35.5. The summed E-state index contributed by atoms with van der Waals surface area (Å²) in [5, 5.41) is 3.01. The van der Waals surface area contributed by atoms with Crippen LogP contribution >= 0.6 is 12.4 Å². The maximum atomic E-state index is 12.2. The van der Waals surface area contributed by atoms with E-state index in [2.05, 4.69) is 5.32 Å². The quantitative estimate of drug-likeness (QED) is 0.913. The van der Waals surface area contributed by atoms with E-state index in [4.69, 9.17) is 14.9 Å². The van der Waals surface area contributed by atoms with Crippen molar-refractivity contribution in [3.05, 3.63) is 53.5 Å². The van der Waals surface area contributed by atoms with Crippen LogP contribution in [0.4, 0.5) is 0 Å².